The Balaban J connectivity index is 2.31. The average molecular weight is 310 g/mol. The van der Waals surface area contributed by atoms with Crippen molar-refractivity contribution in [2.45, 2.75) is 0 Å². The van der Waals surface area contributed by atoms with Gasteiger partial charge in [-0.3, -0.25) is 0 Å². The van der Waals surface area contributed by atoms with Crippen LogP contribution in [0.4, 0.5) is 0 Å². The summed E-state index contributed by atoms with van der Waals surface area (Å²) in [6.07, 6.45) is 1.68. The molecule has 21 heavy (non-hydrogen) atoms. The molecule has 0 saturated carbocycles. The van der Waals surface area contributed by atoms with E-state index in [0.29, 0.717) is 22.0 Å². The van der Waals surface area contributed by atoms with Gasteiger partial charge in [-0.25, -0.2) is 0 Å². The van der Waals surface area contributed by atoms with Crippen molar-refractivity contribution in [3.63, 3.8) is 0 Å². The zero-order chi connectivity index (χ0) is 15.4. The maximum absolute atomic E-state index is 9.92. The lowest BCUT2D eigenvalue weighted by Crippen LogP contribution is -2.43. The monoisotopic (exact) mass is 309 g/mol. The fraction of sp³-hybridized carbons (Fsp3) is 0.286. The van der Waals surface area contributed by atoms with E-state index in [-0.39, 0.29) is 11.6 Å². The van der Waals surface area contributed by atoms with E-state index in [9.17, 15) is 5.11 Å². The molecule has 1 aliphatic heterocycles. The summed E-state index contributed by atoms with van der Waals surface area (Å²) in [5, 5.41) is 13.6. The number of rotatable bonds is 3. The van der Waals surface area contributed by atoms with Crippen molar-refractivity contribution in [1.29, 1.82) is 0 Å². The van der Waals surface area contributed by atoms with Crippen LogP contribution in [0.2, 0.25) is 5.02 Å². The van der Waals surface area contributed by atoms with E-state index >= 15 is 0 Å². The fourth-order valence-electron chi connectivity index (χ4n) is 2.24. The Labute approximate surface area is 128 Å². The highest BCUT2D eigenvalue weighted by Crippen LogP contribution is 2.26. The number of phenols is 1. The Bertz CT molecular complexity index is 575. The summed E-state index contributed by atoms with van der Waals surface area (Å²) < 4.78 is 0. The highest BCUT2D eigenvalue weighted by atomic mass is 35.5. The van der Waals surface area contributed by atoms with Gasteiger partial charge in [-0.1, -0.05) is 11.6 Å². The van der Waals surface area contributed by atoms with Gasteiger partial charge < -0.3 is 32.5 Å². The van der Waals surface area contributed by atoms with Crippen LogP contribution in [0.3, 0.4) is 0 Å². The number of allylic oxidation sites excluding steroid dienone is 1. The third kappa shape index (κ3) is 3.74. The first-order valence-electron chi connectivity index (χ1n) is 6.66. The van der Waals surface area contributed by atoms with E-state index in [0.717, 1.165) is 26.2 Å². The van der Waals surface area contributed by atoms with E-state index in [4.69, 9.17) is 28.8 Å². The molecule has 0 aromatic heterocycles. The second-order valence-electron chi connectivity index (χ2n) is 4.84. The van der Waals surface area contributed by atoms with E-state index < -0.39 is 0 Å². The molecule has 0 unspecified atom stereocenters. The minimum atomic E-state index is 0.0199. The first-order valence-corrected chi connectivity index (χ1v) is 7.04. The molecule has 0 atom stereocenters. The zero-order valence-electron chi connectivity index (χ0n) is 11.6. The van der Waals surface area contributed by atoms with E-state index in [1.807, 2.05) is 0 Å². The number of benzene rings is 1. The Morgan fingerprint density at radius 1 is 1.24 bits per heavy atom. The molecule has 0 bridgehead atoms. The van der Waals surface area contributed by atoms with Crippen molar-refractivity contribution in [3.05, 3.63) is 46.4 Å². The van der Waals surface area contributed by atoms with Crippen LogP contribution in [-0.4, -0.2) is 36.2 Å². The molecule has 8 N–H and O–H groups in total. The summed E-state index contributed by atoms with van der Waals surface area (Å²) in [6.45, 7) is 3.31. The first kappa shape index (κ1) is 15.3. The van der Waals surface area contributed by atoms with Crippen LogP contribution < -0.4 is 22.5 Å². The van der Waals surface area contributed by atoms with Crippen LogP contribution in [0.1, 0.15) is 5.56 Å². The Kier molecular flexibility index (Phi) is 4.82. The molecule has 0 amide bonds. The molecule has 1 heterocycles. The molecular formula is C14H20ClN5O. The van der Waals surface area contributed by atoms with Gasteiger partial charge in [-0.05, 0) is 24.3 Å². The fourth-order valence-corrected chi connectivity index (χ4v) is 2.40. The van der Waals surface area contributed by atoms with Crippen LogP contribution in [-0.2, 0) is 0 Å². The quantitative estimate of drug-likeness (QED) is 0.514. The molecule has 1 aromatic rings. The van der Waals surface area contributed by atoms with Gasteiger partial charge in [0.05, 0.1) is 5.70 Å². The SMILES string of the molecule is NC(N)=C(/C=C(\N)c1ccc(Cl)cc1O)N1CCNCC1. The summed E-state index contributed by atoms with van der Waals surface area (Å²) >= 11 is 5.81. The molecule has 7 heteroatoms. The molecule has 114 valence electrons. The van der Waals surface area contributed by atoms with Crippen molar-refractivity contribution in [3.8, 4) is 5.75 Å². The lowest BCUT2D eigenvalue weighted by atomic mass is 10.1. The van der Waals surface area contributed by atoms with Crippen molar-refractivity contribution in [2.75, 3.05) is 26.2 Å². The molecule has 0 radical (unpaired) electrons. The largest absolute Gasteiger partial charge is 0.507 e. The van der Waals surface area contributed by atoms with E-state index in [1.165, 1.54) is 6.07 Å². The van der Waals surface area contributed by atoms with Crippen LogP contribution >= 0.6 is 11.6 Å². The Morgan fingerprint density at radius 3 is 2.48 bits per heavy atom. The maximum Gasteiger partial charge on any atom is 0.126 e. The standard InChI is InChI=1S/C14H20ClN5O/c15-9-1-2-10(13(21)7-9)11(16)8-12(14(17)18)20-5-3-19-4-6-20/h1-2,7-8,19,21H,3-6,16-18H2/b11-8-. The summed E-state index contributed by atoms with van der Waals surface area (Å²) in [5.41, 5.74) is 19.1. The molecule has 1 saturated heterocycles. The van der Waals surface area contributed by atoms with Gasteiger partial charge >= 0.3 is 0 Å². The number of piperazine rings is 1. The smallest absolute Gasteiger partial charge is 0.126 e. The highest BCUT2D eigenvalue weighted by molar-refractivity contribution is 6.30. The molecule has 1 aliphatic rings. The lowest BCUT2D eigenvalue weighted by molar-refractivity contribution is 0.304. The van der Waals surface area contributed by atoms with Crippen LogP contribution in [0, 0.1) is 0 Å². The van der Waals surface area contributed by atoms with Gasteiger partial charge in [-0.15, -0.1) is 0 Å². The predicted octanol–water partition coefficient (Wildman–Crippen LogP) is 0.337. The summed E-state index contributed by atoms with van der Waals surface area (Å²) in [6, 6.07) is 4.76. The topological polar surface area (TPSA) is 114 Å². The molecule has 2 rings (SSSR count). The first-order chi connectivity index (χ1) is 9.99. The number of aromatic hydroxyl groups is 1. The second-order valence-corrected chi connectivity index (χ2v) is 5.28. The van der Waals surface area contributed by atoms with E-state index in [2.05, 4.69) is 10.2 Å². The van der Waals surface area contributed by atoms with Gasteiger partial charge in [0.15, 0.2) is 0 Å². The lowest BCUT2D eigenvalue weighted by Gasteiger charge is -2.31. The summed E-state index contributed by atoms with van der Waals surface area (Å²) in [7, 11) is 0. The molecule has 1 aromatic carbocycles. The minimum Gasteiger partial charge on any atom is -0.507 e. The van der Waals surface area contributed by atoms with Gasteiger partial charge in [0.2, 0.25) is 0 Å². The van der Waals surface area contributed by atoms with Crippen LogP contribution in [0.25, 0.3) is 5.70 Å². The molecule has 6 nitrogen and oxygen atoms in total. The second kappa shape index (κ2) is 6.60. The number of nitrogens with two attached hydrogens (primary N) is 3. The summed E-state index contributed by atoms with van der Waals surface area (Å²) in [5.74, 6) is 0.222. The number of halogens is 1. The molecule has 1 fully saturated rings. The number of hydrogen-bond donors (Lipinski definition) is 5. The normalized spacial score (nSPS) is 15.9. The van der Waals surface area contributed by atoms with Gasteiger partial charge in [-0.2, -0.15) is 0 Å². The van der Waals surface area contributed by atoms with E-state index in [1.54, 1.807) is 18.2 Å². The van der Waals surface area contributed by atoms with Gasteiger partial charge in [0.1, 0.15) is 11.6 Å². The van der Waals surface area contributed by atoms with Crippen LogP contribution in [0.15, 0.2) is 35.8 Å². The Hall–Kier alpha value is -2.05. The summed E-state index contributed by atoms with van der Waals surface area (Å²) in [4.78, 5) is 2.06. The number of nitrogens with zero attached hydrogens (tertiary/aromatic N) is 1. The number of nitrogens with one attached hydrogen (secondary N) is 1. The zero-order valence-corrected chi connectivity index (χ0v) is 12.4. The van der Waals surface area contributed by atoms with Crippen molar-refractivity contribution < 1.29 is 5.11 Å². The molecular weight excluding hydrogens is 290 g/mol. The Morgan fingerprint density at radius 2 is 1.90 bits per heavy atom. The van der Waals surface area contributed by atoms with Crippen molar-refractivity contribution in [2.24, 2.45) is 17.2 Å². The third-order valence-electron chi connectivity index (χ3n) is 3.32. The molecule has 0 aliphatic carbocycles. The predicted molar refractivity (Wildman–Crippen MR) is 85.1 cm³/mol. The van der Waals surface area contributed by atoms with Crippen molar-refractivity contribution in [1.82, 2.24) is 10.2 Å². The number of hydrogen-bond acceptors (Lipinski definition) is 6. The average Bonchev–Trinajstić information content (AvgIpc) is 2.45. The van der Waals surface area contributed by atoms with Gasteiger partial charge in [0, 0.05) is 42.5 Å². The van der Waals surface area contributed by atoms with Crippen molar-refractivity contribution >= 4 is 17.3 Å². The highest BCUT2D eigenvalue weighted by Gasteiger charge is 2.15. The van der Waals surface area contributed by atoms with Crippen LogP contribution in [0.5, 0.6) is 5.75 Å². The van der Waals surface area contributed by atoms with Gasteiger partial charge in [0.25, 0.3) is 0 Å². The molecule has 0 spiro atoms. The number of phenolic OH excluding ortho intramolecular Hbond substituents is 1. The maximum atomic E-state index is 9.92. The minimum absolute atomic E-state index is 0.0199. The third-order valence-corrected chi connectivity index (χ3v) is 3.55.